The topological polar surface area (TPSA) is 50.9 Å². The van der Waals surface area contributed by atoms with Gasteiger partial charge in [-0.1, -0.05) is 153 Å². The summed E-state index contributed by atoms with van der Waals surface area (Å²) in [4.78, 5) is 10.4. The second-order valence-corrected chi connectivity index (χ2v) is 19.3. The number of aromatic hydroxyl groups is 1. The van der Waals surface area contributed by atoms with E-state index in [0.29, 0.717) is 22.6 Å². The fourth-order valence-electron chi connectivity index (χ4n) is 8.00. The van der Waals surface area contributed by atoms with E-state index in [-0.39, 0.29) is 27.6 Å². The van der Waals surface area contributed by atoms with Gasteiger partial charge in [0.25, 0.3) is 0 Å². The summed E-state index contributed by atoms with van der Waals surface area (Å²) in [6, 6.07) is 45.1. The third-order valence-electron chi connectivity index (χ3n) is 11.6. The van der Waals surface area contributed by atoms with Gasteiger partial charge < -0.3 is 5.11 Å². The molecule has 0 aliphatic rings. The summed E-state index contributed by atoms with van der Waals surface area (Å²) < 4.78 is 28.2. The average Bonchev–Trinajstić information content (AvgIpc) is 3.62. The van der Waals surface area contributed by atoms with Gasteiger partial charge in [0.05, 0.1) is 22.3 Å². The van der Waals surface area contributed by atoms with E-state index in [1.807, 2.05) is 65.4 Å². The molecule has 4 nitrogen and oxygen atoms in total. The van der Waals surface area contributed by atoms with E-state index >= 15 is 0 Å². The lowest BCUT2D eigenvalue weighted by atomic mass is 9.79. The molecule has 0 saturated heterocycles. The standard InChI is InChI=1S/C56H57N3O/c1-35-20-22-37(23-21-35)39-26-27-57-49(32-39)41-29-40(30-42(31-41)54(3,4)5)46-18-15-19-50-51(46)58-53(47-33-43(55(6,7)8)34-48(52(47)60)56(9,10)11)59(50)44-24-25-45(36(2)28-44)38-16-13-12-14-17-38/h12-34,60H,1-11H3/i2D3. The van der Waals surface area contributed by atoms with Crippen LogP contribution in [0.25, 0.3) is 72.7 Å². The van der Waals surface area contributed by atoms with Crippen LogP contribution < -0.4 is 0 Å². The number of hydrogen-bond acceptors (Lipinski definition) is 3. The quantitative estimate of drug-likeness (QED) is 0.182. The number of phenols is 1. The van der Waals surface area contributed by atoms with Crippen LogP contribution in [0.4, 0.5) is 0 Å². The predicted molar refractivity (Wildman–Crippen MR) is 253 cm³/mol. The van der Waals surface area contributed by atoms with Crippen molar-refractivity contribution < 1.29 is 9.22 Å². The number of aromatic nitrogens is 3. The minimum absolute atomic E-state index is 0.155. The van der Waals surface area contributed by atoms with Crippen molar-refractivity contribution in [3.05, 3.63) is 167 Å². The second kappa shape index (κ2) is 15.1. The number of aryl methyl sites for hydroxylation is 2. The second-order valence-electron chi connectivity index (χ2n) is 19.3. The number of nitrogens with zero attached hydrogens (tertiary/aromatic N) is 3. The summed E-state index contributed by atoms with van der Waals surface area (Å²) in [6.45, 7) is 19.2. The molecule has 2 aromatic heterocycles. The van der Waals surface area contributed by atoms with Gasteiger partial charge in [0, 0.05) is 32.7 Å². The van der Waals surface area contributed by atoms with Crippen LogP contribution in [0.5, 0.6) is 5.75 Å². The van der Waals surface area contributed by atoms with E-state index in [1.165, 1.54) is 5.56 Å². The monoisotopic (exact) mass is 790 g/mol. The lowest BCUT2D eigenvalue weighted by Crippen LogP contribution is -2.17. The van der Waals surface area contributed by atoms with Crippen LogP contribution >= 0.6 is 0 Å². The smallest absolute Gasteiger partial charge is 0.149 e. The molecule has 6 aromatic carbocycles. The lowest BCUT2D eigenvalue weighted by molar-refractivity contribution is 0.446. The summed E-state index contributed by atoms with van der Waals surface area (Å²) in [6.07, 6.45) is 1.88. The highest BCUT2D eigenvalue weighted by atomic mass is 16.3. The van der Waals surface area contributed by atoms with Gasteiger partial charge in [-0.05, 0) is 123 Å². The van der Waals surface area contributed by atoms with Crippen LogP contribution in [0, 0.1) is 13.8 Å². The van der Waals surface area contributed by atoms with E-state index < -0.39 is 6.85 Å². The first-order valence-electron chi connectivity index (χ1n) is 22.4. The zero-order valence-electron chi connectivity index (χ0n) is 39.6. The number of para-hydroxylation sites is 1. The highest BCUT2D eigenvalue weighted by molar-refractivity contribution is 5.97. The molecule has 0 saturated carbocycles. The van der Waals surface area contributed by atoms with Crippen LogP contribution in [0.1, 0.15) is 94.2 Å². The molecule has 2 heterocycles. The number of rotatable bonds is 6. The lowest BCUT2D eigenvalue weighted by Gasteiger charge is -2.27. The third kappa shape index (κ3) is 7.79. The molecule has 0 radical (unpaired) electrons. The van der Waals surface area contributed by atoms with Gasteiger partial charge in [0.1, 0.15) is 11.6 Å². The van der Waals surface area contributed by atoms with Gasteiger partial charge in [-0.25, -0.2) is 4.98 Å². The molecule has 0 fully saturated rings. The average molecular weight is 791 g/mol. The Morgan fingerprint density at radius 2 is 1.25 bits per heavy atom. The zero-order valence-corrected chi connectivity index (χ0v) is 36.6. The predicted octanol–water partition coefficient (Wildman–Crippen LogP) is 15.0. The maximum absolute atomic E-state index is 12.4. The number of benzene rings is 6. The first kappa shape index (κ1) is 36.8. The molecule has 0 amide bonds. The van der Waals surface area contributed by atoms with Gasteiger partial charge in [-0.2, -0.15) is 0 Å². The largest absolute Gasteiger partial charge is 0.507 e. The number of pyridine rings is 1. The van der Waals surface area contributed by atoms with Crippen molar-refractivity contribution in [1.29, 1.82) is 0 Å². The molecule has 4 heteroatoms. The Labute approximate surface area is 360 Å². The summed E-state index contributed by atoms with van der Waals surface area (Å²) in [5.41, 5.74) is 13.8. The molecular formula is C56H57N3O. The summed E-state index contributed by atoms with van der Waals surface area (Å²) in [5.74, 6) is 0.678. The van der Waals surface area contributed by atoms with Gasteiger partial charge in [-0.15, -0.1) is 0 Å². The number of imidazole rings is 1. The first-order chi connectivity index (χ1) is 29.6. The van der Waals surface area contributed by atoms with Crippen molar-refractivity contribution in [1.82, 2.24) is 14.5 Å². The fourth-order valence-corrected chi connectivity index (χ4v) is 8.00. The molecule has 0 unspecified atom stereocenters. The summed E-state index contributed by atoms with van der Waals surface area (Å²) in [7, 11) is 0. The summed E-state index contributed by atoms with van der Waals surface area (Å²) in [5, 5.41) is 12.4. The first-order valence-corrected chi connectivity index (χ1v) is 20.9. The molecule has 0 spiro atoms. The van der Waals surface area contributed by atoms with Crippen molar-refractivity contribution in [3.63, 3.8) is 0 Å². The highest BCUT2D eigenvalue weighted by Gasteiger charge is 2.29. The van der Waals surface area contributed by atoms with Crippen LogP contribution in [0.2, 0.25) is 0 Å². The Morgan fingerprint density at radius 1 is 0.550 bits per heavy atom. The SMILES string of the molecule is [2H]C([2H])([2H])c1cc(-n2c(-c3cc(C(C)(C)C)cc(C(C)(C)C)c3O)nc3c(-c4cc(-c5cc(-c6ccc(C)cc6)ccn5)cc(C(C)(C)C)c4)cccc32)ccc1-c1ccccc1. The van der Waals surface area contributed by atoms with Gasteiger partial charge in [0.15, 0.2) is 0 Å². The van der Waals surface area contributed by atoms with Crippen LogP contribution in [-0.2, 0) is 16.2 Å². The maximum Gasteiger partial charge on any atom is 0.149 e. The molecule has 8 rings (SSSR count). The van der Waals surface area contributed by atoms with Gasteiger partial charge in [-0.3, -0.25) is 9.55 Å². The summed E-state index contributed by atoms with van der Waals surface area (Å²) >= 11 is 0. The number of phenolic OH excluding ortho intramolecular Hbond substituents is 1. The Balaban J connectivity index is 1.43. The molecule has 0 aliphatic heterocycles. The Kier molecular flexibility index (Phi) is 9.25. The van der Waals surface area contributed by atoms with Gasteiger partial charge in [0.2, 0.25) is 0 Å². The highest BCUT2D eigenvalue weighted by Crippen LogP contribution is 2.45. The third-order valence-corrected chi connectivity index (χ3v) is 11.6. The minimum atomic E-state index is -2.41. The Morgan fingerprint density at radius 3 is 1.93 bits per heavy atom. The van der Waals surface area contributed by atoms with Gasteiger partial charge >= 0.3 is 0 Å². The molecule has 60 heavy (non-hydrogen) atoms. The van der Waals surface area contributed by atoms with Crippen molar-refractivity contribution in [2.45, 2.75) is 92.3 Å². The van der Waals surface area contributed by atoms with E-state index in [1.54, 1.807) is 6.07 Å². The Bertz CT molecular complexity index is 2990. The molecule has 1 N–H and O–H groups in total. The molecule has 0 bridgehead atoms. The van der Waals surface area contributed by atoms with E-state index in [9.17, 15) is 5.11 Å². The number of hydrogen-bond donors (Lipinski definition) is 1. The van der Waals surface area contributed by atoms with Crippen LogP contribution in [-0.4, -0.2) is 19.6 Å². The van der Waals surface area contributed by atoms with E-state index in [0.717, 1.165) is 66.8 Å². The van der Waals surface area contributed by atoms with Crippen molar-refractivity contribution in [2.75, 3.05) is 0 Å². The normalized spacial score (nSPS) is 13.3. The molecular weight excluding hydrogens is 731 g/mol. The minimum Gasteiger partial charge on any atom is -0.507 e. The Hall–Kier alpha value is -6.26. The fraction of sp³-hybridized carbons (Fsp3) is 0.250. The molecule has 302 valence electrons. The van der Waals surface area contributed by atoms with Crippen LogP contribution in [0.15, 0.2) is 140 Å². The van der Waals surface area contributed by atoms with Crippen molar-refractivity contribution >= 4 is 11.0 Å². The van der Waals surface area contributed by atoms with Crippen molar-refractivity contribution in [3.8, 4) is 67.5 Å². The van der Waals surface area contributed by atoms with E-state index in [2.05, 4.69) is 142 Å². The molecule has 8 aromatic rings. The number of fused-ring (bicyclic) bond motifs is 1. The molecule has 0 atom stereocenters. The molecule has 0 aliphatic carbocycles. The van der Waals surface area contributed by atoms with Crippen molar-refractivity contribution in [2.24, 2.45) is 0 Å². The van der Waals surface area contributed by atoms with Crippen LogP contribution in [0.3, 0.4) is 0 Å². The van der Waals surface area contributed by atoms with E-state index in [4.69, 9.17) is 14.1 Å². The zero-order chi connectivity index (χ0) is 45.2. The maximum atomic E-state index is 12.4.